The number of thiazole rings is 1. The summed E-state index contributed by atoms with van der Waals surface area (Å²) >= 11 is 1.46. The van der Waals surface area contributed by atoms with Crippen LogP contribution in [0.15, 0.2) is 6.20 Å². The molecule has 22 heavy (non-hydrogen) atoms. The largest absolute Gasteiger partial charge is 0.356 e. The van der Waals surface area contributed by atoms with Gasteiger partial charge in [0.15, 0.2) is 0 Å². The highest BCUT2D eigenvalue weighted by Crippen LogP contribution is 2.28. The van der Waals surface area contributed by atoms with Crippen molar-refractivity contribution in [3.8, 4) is 0 Å². The number of aromatic nitrogens is 1. The van der Waals surface area contributed by atoms with E-state index in [2.05, 4.69) is 31.1 Å². The molecule has 0 aliphatic carbocycles. The second kappa shape index (κ2) is 6.77. The van der Waals surface area contributed by atoms with Gasteiger partial charge in [0.05, 0.1) is 17.1 Å². The topological polar surface area (TPSA) is 62.3 Å². The number of nitrogens with zero attached hydrogens (tertiary/aromatic N) is 2. The zero-order valence-electron chi connectivity index (χ0n) is 13.8. The van der Waals surface area contributed by atoms with Gasteiger partial charge >= 0.3 is 0 Å². The van der Waals surface area contributed by atoms with Crippen LogP contribution in [0.5, 0.6) is 0 Å². The molecule has 1 aliphatic rings. The summed E-state index contributed by atoms with van der Waals surface area (Å²) in [6, 6.07) is 0. The highest BCUT2D eigenvalue weighted by atomic mass is 32.1. The lowest BCUT2D eigenvalue weighted by Crippen LogP contribution is -2.45. The first-order chi connectivity index (χ1) is 10.3. The van der Waals surface area contributed by atoms with Crippen LogP contribution >= 0.6 is 11.3 Å². The van der Waals surface area contributed by atoms with E-state index in [4.69, 9.17) is 0 Å². The van der Waals surface area contributed by atoms with E-state index in [-0.39, 0.29) is 23.1 Å². The van der Waals surface area contributed by atoms with Crippen molar-refractivity contribution in [2.75, 3.05) is 19.6 Å². The van der Waals surface area contributed by atoms with Crippen molar-refractivity contribution in [2.24, 2.45) is 5.92 Å². The number of hydrogen-bond donors (Lipinski definition) is 1. The molecule has 1 aliphatic heterocycles. The maximum Gasteiger partial charge on any atom is 0.265 e. The molecule has 2 rings (SSSR count). The predicted octanol–water partition coefficient (Wildman–Crippen LogP) is 2.43. The van der Waals surface area contributed by atoms with Crippen LogP contribution in [-0.2, 0) is 10.2 Å². The van der Waals surface area contributed by atoms with Gasteiger partial charge in [-0.3, -0.25) is 9.59 Å². The monoisotopic (exact) mass is 323 g/mol. The summed E-state index contributed by atoms with van der Waals surface area (Å²) in [5.74, 6) is -0.0330. The van der Waals surface area contributed by atoms with Crippen molar-refractivity contribution in [2.45, 2.75) is 46.0 Å². The van der Waals surface area contributed by atoms with Gasteiger partial charge in [-0.2, -0.15) is 0 Å². The Hall–Kier alpha value is -1.43. The molecule has 0 spiro atoms. The summed E-state index contributed by atoms with van der Waals surface area (Å²) in [5.41, 5.74) is -0.0470. The fraction of sp³-hybridized carbons (Fsp3) is 0.688. The van der Waals surface area contributed by atoms with Gasteiger partial charge in [-0.15, -0.1) is 11.3 Å². The Morgan fingerprint density at radius 2 is 2.18 bits per heavy atom. The Balaban J connectivity index is 2.06. The summed E-state index contributed by atoms with van der Waals surface area (Å²) in [6.07, 6.45) is 3.40. The molecular weight excluding hydrogens is 298 g/mol. The summed E-state index contributed by atoms with van der Waals surface area (Å²) in [7, 11) is 0. The first kappa shape index (κ1) is 16.9. The molecular formula is C16H25N3O2S. The second-order valence-corrected chi connectivity index (χ2v) is 7.80. The summed E-state index contributed by atoms with van der Waals surface area (Å²) in [5, 5.41) is 3.82. The second-order valence-electron chi connectivity index (χ2n) is 6.76. The van der Waals surface area contributed by atoms with E-state index < -0.39 is 0 Å². The first-order valence-electron chi connectivity index (χ1n) is 7.86. The van der Waals surface area contributed by atoms with E-state index in [1.165, 1.54) is 11.3 Å². The molecule has 1 fully saturated rings. The van der Waals surface area contributed by atoms with Crippen molar-refractivity contribution >= 4 is 23.2 Å². The average molecular weight is 323 g/mol. The van der Waals surface area contributed by atoms with Crippen molar-refractivity contribution in [1.82, 2.24) is 15.2 Å². The van der Waals surface area contributed by atoms with Gasteiger partial charge in [0.25, 0.3) is 5.91 Å². The molecule has 1 unspecified atom stereocenters. The number of amides is 2. The molecule has 1 aromatic rings. The van der Waals surface area contributed by atoms with Crippen molar-refractivity contribution in [3.05, 3.63) is 16.1 Å². The average Bonchev–Trinajstić information content (AvgIpc) is 2.97. The molecule has 1 N–H and O–H groups in total. The molecule has 0 aromatic carbocycles. The molecule has 0 bridgehead atoms. The number of likely N-dealkylation sites (tertiary alicyclic amines) is 1. The SMILES string of the molecule is CCNC(=O)C1CCCN(C(=O)c2cnc(C(C)(C)C)s2)C1. The first-order valence-corrected chi connectivity index (χ1v) is 8.68. The van der Waals surface area contributed by atoms with Crippen LogP contribution in [0, 0.1) is 5.92 Å². The molecule has 1 atom stereocenters. The van der Waals surface area contributed by atoms with Crippen LogP contribution in [0.4, 0.5) is 0 Å². The van der Waals surface area contributed by atoms with Crippen molar-refractivity contribution in [3.63, 3.8) is 0 Å². The minimum absolute atomic E-state index is 0.00185. The zero-order chi connectivity index (χ0) is 16.3. The van der Waals surface area contributed by atoms with Gasteiger partial charge in [-0.1, -0.05) is 20.8 Å². The predicted molar refractivity (Wildman–Crippen MR) is 88.1 cm³/mol. The zero-order valence-corrected chi connectivity index (χ0v) is 14.6. The molecule has 0 radical (unpaired) electrons. The molecule has 122 valence electrons. The van der Waals surface area contributed by atoms with Crippen LogP contribution in [0.2, 0.25) is 0 Å². The maximum absolute atomic E-state index is 12.6. The smallest absolute Gasteiger partial charge is 0.265 e. The van der Waals surface area contributed by atoms with E-state index in [1.807, 2.05) is 6.92 Å². The molecule has 1 aromatic heterocycles. The minimum Gasteiger partial charge on any atom is -0.356 e. The number of rotatable bonds is 3. The normalized spacial score (nSPS) is 19.1. The Bertz CT molecular complexity index is 548. The summed E-state index contributed by atoms with van der Waals surface area (Å²) in [4.78, 5) is 31.5. The third-order valence-corrected chi connectivity index (χ3v) is 5.20. The van der Waals surface area contributed by atoms with E-state index in [0.717, 1.165) is 24.4 Å². The molecule has 2 amide bonds. The van der Waals surface area contributed by atoms with Crippen LogP contribution in [0.3, 0.4) is 0 Å². The number of hydrogen-bond acceptors (Lipinski definition) is 4. The highest BCUT2D eigenvalue weighted by Gasteiger charge is 2.30. The molecule has 0 saturated carbocycles. The van der Waals surface area contributed by atoms with Gasteiger partial charge in [-0.25, -0.2) is 4.98 Å². The molecule has 1 saturated heterocycles. The Morgan fingerprint density at radius 1 is 1.45 bits per heavy atom. The highest BCUT2D eigenvalue weighted by molar-refractivity contribution is 7.13. The van der Waals surface area contributed by atoms with E-state index in [0.29, 0.717) is 18.0 Å². The van der Waals surface area contributed by atoms with Gasteiger partial charge in [0.1, 0.15) is 4.88 Å². The summed E-state index contributed by atoms with van der Waals surface area (Å²) < 4.78 is 0. The van der Waals surface area contributed by atoms with Crippen LogP contribution in [0.25, 0.3) is 0 Å². The standard InChI is InChI=1S/C16H25N3O2S/c1-5-17-13(20)11-7-6-8-19(10-11)14(21)12-9-18-15(22-12)16(2,3)4/h9,11H,5-8,10H2,1-4H3,(H,17,20). The van der Waals surface area contributed by atoms with E-state index in [1.54, 1.807) is 11.1 Å². The van der Waals surface area contributed by atoms with Crippen LogP contribution in [0.1, 0.15) is 55.2 Å². The van der Waals surface area contributed by atoms with Gasteiger partial charge in [0.2, 0.25) is 5.91 Å². The fourth-order valence-electron chi connectivity index (χ4n) is 2.57. The lowest BCUT2D eigenvalue weighted by atomic mass is 9.97. The van der Waals surface area contributed by atoms with Gasteiger partial charge in [-0.05, 0) is 19.8 Å². The van der Waals surface area contributed by atoms with Crippen LogP contribution in [-0.4, -0.2) is 41.3 Å². The Kier molecular flexibility index (Phi) is 5.21. The third-order valence-electron chi connectivity index (χ3n) is 3.79. The van der Waals surface area contributed by atoms with E-state index >= 15 is 0 Å². The fourth-order valence-corrected chi connectivity index (χ4v) is 3.51. The third kappa shape index (κ3) is 3.85. The number of carbonyl (C=O) groups excluding carboxylic acids is 2. The molecule has 5 nitrogen and oxygen atoms in total. The number of carbonyl (C=O) groups is 2. The Morgan fingerprint density at radius 3 is 2.77 bits per heavy atom. The van der Waals surface area contributed by atoms with Crippen molar-refractivity contribution in [1.29, 1.82) is 0 Å². The quantitative estimate of drug-likeness (QED) is 0.929. The minimum atomic E-state index is -0.0901. The lowest BCUT2D eigenvalue weighted by Gasteiger charge is -2.31. The van der Waals surface area contributed by atoms with Crippen LogP contribution < -0.4 is 5.32 Å². The number of piperidine rings is 1. The molecule has 6 heteroatoms. The Labute approximate surface area is 136 Å². The van der Waals surface area contributed by atoms with Gasteiger partial charge in [0, 0.05) is 25.0 Å². The molecule has 2 heterocycles. The maximum atomic E-state index is 12.6. The van der Waals surface area contributed by atoms with Gasteiger partial charge < -0.3 is 10.2 Å². The summed E-state index contributed by atoms with van der Waals surface area (Å²) in [6.45, 7) is 10.0. The van der Waals surface area contributed by atoms with E-state index in [9.17, 15) is 9.59 Å². The van der Waals surface area contributed by atoms with Crippen molar-refractivity contribution < 1.29 is 9.59 Å². The number of nitrogens with one attached hydrogen (secondary N) is 1. The lowest BCUT2D eigenvalue weighted by molar-refractivity contribution is -0.126.